The van der Waals surface area contributed by atoms with Gasteiger partial charge >= 0.3 is 0 Å². The lowest BCUT2D eigenvalue weighted by Crippen LogP contribution is -2.20. The number of benzene rings is 1. The Kier molecular flexibility index (Phi) is 9.27. The first-order valence-electron chi connectivity index (χ1n) is 10.2. The topological polar surface area (TPSA) is 18.5 Å². The Hall–Kier alpha value is -1.02. The van der Waals surface area contributed by atoms with Gasteiger partial charge in [0.15, 0.2) is 0 Å². The van der Waals surface area contributed by atoms with Crippen molar-refractivity contribution in [1.82, 2.24) is 0 Å². The summed E-state index contributed by atoms with van der Waals surface area (Å²) in [6, 6.07) is 8.56. The van der Waals surface area contributed by atoms with Crippen molar-refractivity contribution < 1.29 is 9.47 Å². The van der Waals surface area contributed by atoms with Gasteiger partial charge in [-0.25, -0.2) is 0 Å². The summed E-state index contributed by atoms with van der Waals surface area (Å²) in [6.45, 7) is 6.25. The van der Waals surface area contributed by atoms with E-state index in [2.05, 4.69) is 38.1 Å². The van der Waals surface area contributed by atoms with Crippen LogP contribution in [0.2, 0.25) is 0 Å². The zero-order valence-corrected chi connectivity index (χ0v) is 15.8. The molecule has 1 aromatic rings. The van der Waals surface area contributed by atoms with Gasteiger partial charge < -0.3 is 9.47 Å². The van der Waals surface area contributed by atoms with Gasteiger partial charge in [0, 0.05) is 0 Å². The molecule has 1 aliphatic rings. The third-order valence-electron chi connectivity index (χ3n) is 5.10. The van der Waals surface area contributed by atoms with Gasteiger partial charge in [-0.3, -0.25) is 0 Å². The van der Waals surface area contributed by atoms with Crippen LogP contribution in [0, 0.1) is 5.92 Å². The molecule has 0 spiro atoms. The van der Waals surface area contributed by atoms with E-state index in [0.717, 1.165) is 37.7 Å². The van der Waals surface area contributed by atoms with E-state index in [4.69, 9.17) is 9.47 Å². The molecule has 0 radical (unpaired) electrons. The van der Waals surface area contributed by atoms with Gasteiger partial charge in [-0.1, -0.05) is 64.5 Å². The molecular formula is C22H36O2. The van der Waals surface area contributed by atoms with Crippen LogP contribution in [0.1, 0.15) is 89.7 Å². The fourth-order valence-electron chi connectivity index (χ4n) is 3.48. The van der Waals surface area contributed by atoms with Crippen LogP contribution in [0.5, 0.6) is 5.75 Å². The number of hydrogen-bond acceptors (Lipinski definition) is 2. The molecule has 0 aliphatic carbocycles. The highest BCUT2D eigenvalue weighted by Crippen LogP contribution is 2.33. The molecule has 1 aromatic carbocycles. The van der Waals surface area contributed by atoms with E-state index in [1.165, 1.54) is 56.9 Å². The Morgan fingerprint density at radius 3 is 2.33 bits per heavy atom. The number of rotatable bonds is 11. The van der Waals surface area contributed by atoms with Crippen molar-refractivity contribution in [3.05, 3.63) is 29.8 Å². The smallest absolute Gasteiger partial charge is 0.119 e. The Morgan fingerprint density at radius 1 is 0.917 bits per heavy atom. The third kappa shape index (κ3) is 6.84. The van der Waals surface area contributed by atoms with Crippen molar-refractivity contribution >= 4 is 0 Å². The van der Waals surface area contributed by atoms with Gasteiger partial charge in [-0.15, -0.1) is 0 Å². The van der Waals surface area contributed by atoms with Crippen LogP contribution in [0.25, 0.3) is 0 Å². The van der Waals surface area contributed by atoms with Gasteiger partial charge in [0.25, 0.3) is 0 Å². The average molecular weight is 333 g/mol. The summed E-state index contributed by atoms with van der Waals surface area (Å²) in [7, 11) is 0. The minimum absolute atomic E-state index is 0.283. The maximum Gasteiger partial charge on any atom is 0.119 e. The van der Waals surface area contributed by atoms with Crippen molar-refractivity contribution in [3.8, 4) is 5.75 Å². The zero-order valence-electron chi connectivity index (χ0n) is 15.8. The molecule has 1 fully saturated rings. The molecule has 1 heterocycles. The minimum atomic E-state index is 0.283. The normalized spacial score (nSPS) is 20.9. The summed E-state index contributed by atoms with van der Waals surface area (Å²) in [4.78, 5) is 0. The van der Waals surface area contributed by atoms with E-state index < -0.39 is 0 Å². The van der Waals surface area contributed by atoms with Crippen LogP contribution in [-0.4, -0.2) is 13.2 Å². The Labute approximate surface area is 148 Å². The fourth-order valence-corrected chi connectivity index (χ4v) is 3.48. The van der Waals surface area contributed by atoms with E-state index >= 15 is 0 Å². The molecule has 1 saturated heterocycles. The van der Waals surface area contributed by atoms with Crippen LogP contribution in [0.15, 0.2) is 24.3 Å². The van der Waals surface area contributed by atoms with Crippen LogP contribution in [-0.2, 0) is 4.74 Å². The first-order valence-corrected chi connectivity index (χ1v) is 10.2. The molecule has 0 bridgehead atoms. The number of ether oxygens (including phenoxy) is 2. The quantitative estimate of drug-likeness (QED) is 0.420. The highest BCUT2D eigenvalue weighted by molar-refractivity contribution is 5.28. The Bertz CT molecular complexity index is 418. The summed E-state index contributed by atoms with van der Waals surface area (Å²) in [5.74, 6) is 1.76. The summed E-state index contributed by atoms with van der Waals surface area (Å²) in [5.41, 5.74) is 1.31. The highest BCUT2D eigenvalue weighted by atomic mass is 16.5. The maximum atomic E-state index is 6.15. The first-order chi connectivity index (χ1) is 11.8. The Morgan fingerprint density at radius 2 is 1.67 bits per heavy atom. The van der Waals surface area contributed by atoms with E-state index in [1.807, 2.05) is 0 Å². The predicted molar refractivity (Wildman–Crippen MR) is 102 cm³/mol. The van der Waals surface area contributed by atoms with Crippen LogP contribution >= 0.6 is 0 Å². The van der Waals surface area contributed by atoms with E-state index in [-0.39, 0.29) is 6.10 Å². The maximum absolute atomic E-state index is 6.15. The molecule has 0 N–H and O–H groups in total. The lowest BCUT2D eigenvalue weighted by molar-refractivity contribution is -0.0199. The summed E-state index contributed by atoms with van der Waals surface area (Å²) >= 11 is 0. The molecular weight excluding hydrogens is 296 g/mol. The lowest BCUT2D eigenvalue weighted by Gasteiger charge is -2.29. The Balaban J connectivity index is 1.68. The van der Waals surface area contributed by atoms with E-state index in [9.17, 15) is 0 Å². The van der Waals surface area contributed by atoms with Crippen molar-refractivity contribution in [2.75, 3.05) is 13.2 Å². The monoisotopic (exact) mass is 332 g/mol. The molecule has 0 aromatic heterocycles. The first kappa shape index (κ1) is 19.3. The fraction of sp³-hybridized carbons (Fsp3) is 0.727. The summed E-state index contributed by atoms with van der Waals surface area (Å²) < 4.78 is 11.9. The van der Waals surface area contributed by atoms with E-state index in [1.54, 1.807) is 0 Å². The molecule has 2 heteroatoms. The predicted octanol–water partition coefficient (Wildman–Crippen LogP) is 6.69. The average Bonchev–Trinajstić information content (AvgIpc) is 2.64. The van der Waals surface area contributed by atoms with Crippen LogP contribution < -0.4 is 4.74 Å². The van der Waals surface area contributed by atoms with Crippen LogP contribution in [0.3, 0.4) is 0 Å². The second-order valence-electron chi connectivity index (χ2n) is 7.24. The van der Waals surface area contributed by atoms with Crippen LogP contribution in [0.4, 0.5) is 0 Å². The van der Waals surface area contributed by atoms with Crippen molar-refractivity contribution in [3.63, 3.8) is 0 Å². The van der Waals surface area contributed by atoms with Crippen molar-refractivity contribution in [2.24, 2.45) is 5.92 Å². The molecule has 0 saturated carbocycles. The zero-order chi connectivity index (χ0) is 17.0. The highest BCUT2D eigenvalue weighted by Gasteiger charge is 2.22. The SMILES string of the molecule is CCCCCCC1CCC(c2ccc(OCCCCC)cc2)OC1. The van der Waals surface area contributed by atoms with Crippen molar-refractivity contribution in [2.45, 2.75) is 84.2 Å². The molecule has 2 nitrogen and oxygen atoms in total. The summed E-state index contributed by atoms with van der Waals surface area (Å²) in [6.07, 6.45) is 13.2. The molecule has 1 aliphatic heterocycles. The lowest BCUT2D eigenvalue weighted by atomic mass is 9.91. The molecule has 2 rings (SSSR count). The molecule has 136 valence electrons. The van der Waals surface area contributed by atoms with Gasteiger partial charge in [-0.2, -0.15) is 0 Å². The molecule has 2 unspecified atom stereocenters. The largest absolute Gasteiger partial charge is 0.494 e. The number of unbranched alkanes of at least 4 members (excludes halogenated alkanes) is 5. The molecule has 24 heavy (non-hydrogen) atoms. The van der Waals surface area contributed by atoms with Gasteiger partial charge in [-0.05, 0) is 49.3 Å². The minimum Gasteiger partial charge on any atom is -0.494 e. The second-order valence-corrected chi connectivity index (χ2v) is 7.24. The van der Waals surface area contributed by atoms with Gasteiger partial charge in [0.1, 0.15) is 5.75 Å². The standard InChI is InChI=1S/C22H36O2/c1-3-5-7-8-10-19-11-16-22(24-18-19)20-12-14-21(15-13-20)23-17-9-6-4-2/h12-15,19,22H,3-11,16-18H2,1-2H3. The van der Waals surface area contributed by atoms with Gasteiger partial charge in [0.2, 0.25) is 0 Å². The van der Waals surface area contributed by atoms with Gasteiger partial charge in [0.05, 0.1) is 19.3 Å². The van der Waals surface area contributed by atoms with E-state index in [0.29, 0.717) is 0 Å². The summed E-state index contributed by atoms with van der Waals surface area (Å²) in [5, 5.41) is 0. The molecule has 2 atom stereocenters. The van der Waals surface area contributed by atoms with Crippen molar-refractivity contribution in [1.29, 1.82) is 0 Å². The number of hydrogen-bond donors (Lipinski definition) is 0. The molecule has 0 amide bonds. The second kappa shape index (κ2) is 11.5. The third-order valence-corrected chi connectivity index (χ3v) is 5.10.